The number of amides is 2. The van der Waals surface area contributed by atoms with Crippen LogP contribution in [0.25, 0.3) is 0 Å². The topological polar surface area (TPSA) is 96.8 Å². The lowest BCUT2D eigenvalue weighted by molar-refractivity contribution is -0.755. The van der Waals surface area contributed by atoms with Crippen molar-refractivity contribution >= 4 is 33.5 Å². The minimum atomic E-state index is -4.56. The largest absolute Gasteiger partial charge is 0.417 e. The van der Waals surface area contributed by atoms with Crippen molar-refractivity contribution in [1.82, 2.24) is 15.2 Å². The molecule has 8 nitrogen and oxygen atoms in total. The first-order valence-electron chi connectivity index (χ1n) is 7.37. The third kappa shape index (κ3) is 5.23. The van der Waals surface area contributed by atoms with Gasteiger partial charge in [-0.25, -0.2) is 4.79 Å². The van der Waals surface area contributed by atoms with Crippen molar-refractivity contribution in [1.29, 1.82) is 0 Å². The molecule has 140 valence electrons. The van der Waals surface area contributed by atoms with Gasteiger partial charge in [-0.2, -0.15) is 13.2 Å². The van der Waals surface area contributed by atoms with E-state index in [4.69, 9.17) is 4.52 Å². The van der Waals surface area contributed by atoms with Gasteiger partial charge in [0.05, 0.1) is 17.4 Å². The zero-order chi connectivity index (χ0) is 19.4. The van der Waals surface area contributed by atoms with Crippen LogP contribution in [0.1, 0.15) is 11.3 Å². The molecule has 0 radical (unpaired) electrons. The molecule has 0 saturated carbocycles. The SMILES string of the molecule is O=C(Nc1cncc(C(F)(F)F)c1)Nc1c[n+](Cc2ccc(Br)cn2)no1. The molecule has 2 N–H and O–H groups in total. The smallest absolute Gasteiger partial charge is 0.306 e. The van der Waals surface area contributed by atoms with E-state index in [1.807, 2.05) is 6.07 Å². The maximum absolute atomic E-state index is 12.7. The number of pyridine rings is 2. The van der Waals surface area contributed by atoms with Gasteiger partial charge in [-0.3, -0.25) is 19.8 Å². The van der Waals surface area contributed by atoms with Crippen LogP contribution >= 0.6 is 15.9 Å². The fraction of sp³-hybridized carbons (Fsp3) is 0.133. The number of rotatable bonds is 4. The quantitative estimate of drug-likeness (QED) is 0.603. The highest BCUT2D eigenvalue weighted by atomic mass is 79.9. The number of aromatic nitrogens is 4. The summed E-state index contributed by atoms with van der Waals surface area (Å²) in [5.41, 5.74) is -0.379. The van der Waals surface area contributed by atoms with E-state index in [9.17, 15) is 18.0 Å². The second kappa shape index (κ2) is 7.70. The number of halogens is 4. The standard InChI is InChI=1S/C15H10BrF3N6O2/c16-10-1-2-11(21-5-10)7-25-8-13(27-24-25)23-14(26)22-12-3-9(4-20-6-12)15(17,18)19/h1-6,8H,7H2,(H-,22,23,24,26)/p+1. The molecule has 0 bridgehead atoms. The molecule has 0 aliphatic heterocycles. The van der Waals surface area contributed by atoms with E-state index in [0.717, 1.165) is 16.7 Å². The molecule has 12 heteroatoms. The molecule has 3 aromatic heterocycles. The van der Waals surface area contributed by atoms with Crippen molar-refractivity contribution in [3.05, 3.63) is 58.7 Å². The van der Waals surface area contributed by atoms with Gasteiger partial charge >= 0.3 is 18.1 Å². The minimum absolute atomic E-state index is 0.00421. The summed E-state index contributed by atoms with van der Waals surface area (Å²) in [5.74, 6) is 0.00421. The summed E-state index contributed by atoms with van der Waals surface area (Å²) >= 11 is 3.28. The number of carbonyl (C=O) groups is 1. The number of anilines is 2. The lowest BCUT2D eigenvalue weighted by Gasteiger charge is -2.08. The molecular weight excluding hydrogens is 433 g/mol. The zero-order valence-electron chi connectivity index (χ0n) is 13.4. The predicted octanol–water partition coefficient (Wildman–Crippen LogP) is 3.23. The number of hydrogen-bond acceptors (Lipinski definition) is 5. The first-order valence-corrected chi connectivity index (χ1v) is 8.16. The van der Waals surface area contributed by atoms with Gasteiger partial charge < -0.3 is 5.32 Å². The molecule has 27 heavy (non-hydrogen) atoms. The van der Waals surface area contributed by atoms with Gasteiger partial charge in [0.2, 0.25) is 11.8 Å². The molecule has 0 unspecified atom stereocenters. The Morgan fingerprint density at radius 2 is 2.04 bits per heavy atom. The van der Waals surface area contributed by atoms with Crippen LogP contribution in [0.3, 0.4) is 0 Å². The first kappa shape index (κ1) is 18.8. The summed E-state index contributed by atoms with van der Waals surface area (Å²) < 4.78 is 45.2. The lowest BCUT2D eigenvalue weighted by atomic mass is 10.2. The molecule has 0 saturated heterocycles. The van der Waals surface area contributed by atoms with Crippen LogP contribution in [-0.4, -0.2) is 21.3 Å². The van der Waals surface area contributed by atoms with E-state index < -0.39 is 17.8 Å². The Morgan fingerprint density at radius 1 is 1.22 bits per heavy atom. The summed E-state index contributed by atoms with van der Waals surface area (Å²) in [7, 11) is 0. The Bertz CT molecular complexity index is 945. The van der Waals surface area contributed by atoms with E-state index in [2.05, 4.69) is 41.8 Å². The average Bonchev–Trinajstić information content (AvgIpc) is 3.03. The highest BCUT2D eigenvalue weighted by molar-refractivity contribution is 9.10. The van der Waals surface area contributed by atoms with Crippen molar-refractivity contribution in [3.8, 4) is 0 Å². The Kier molecular flexibility index (Phi) is 5.35. The van der Waals surface area contributed by atoms with Crippen LogP contribution in [0.15, 0.2) is 52.0 Å². The van der Waals surface area contributed by atoms with E-state index in [0.29, 0.717) is 18.4 Å². The maximum atomic E-state index is 12.7. The van der Waals surface area contributed by atoms with Crippen LogP contribution in [0, 0.1) is 0 Å². The van der Waals surface area contributed by atoms with Gasteiger partial charge in [-0.15, -0.1) is 0 Å². The van der Waals surface area contributed by atoms with Crippen LogP contribution in [-0.2, 0) is 12.7 Å². The van der Waals surface area contributed by atoms with Gasteiger partial charge in [0.25, 0.3) is 6.20 Å². The number of carbonyl (C=O) groups excluding carboxylic acids is 1. The normalized spacial score (nSPS) is 11.3. The van der Waals surface area contributed by atoms with Crippen molar-refractivity contribution < 1.29 is 27.2 Å². The van der Waals surface area contributed by atoms with Crippen molar-refractivity contribution in [3.63, 3.8) is 0 Å². The molecule has 0 aliphatic carbocycles. The van der Waals surface area contributed by atoms with Crippen LogP contribution < -0.4 is 15.3 Å². The highest BCUT2D eigenvalue weighted by Gasteiger charge is 2.31. The molecule has 3 aromatic rings. The summed E-state index contributed by atoms with van der Waals surface area (Å²) in [6.07, 6.45) is 0.241. The molecule has 3 rings (SSSR count). The first-order chi connectivity index (χ1) is 12.8. The number of nitrogens with one attached hydrogen (secondary N) is 2. The summed E-state index contributed by atoms with van der Waals surface area (Å²) in [5, 5.41) is 8.29. The zero-order valence-corrected chi connectivity index (χ0v) is 15.0. The van der Waals surface area contributed by atoms with Crippen molar-refractivity contribution in [2.45, 2.75) is 12.7 Å². The van der Waals surface area contributed by atoms with E-state index in [1.54, 1.807) is 12.3 Å². The van der Waals surface area contributed by atoms with E-state index in [1.165, 1.54) is 10.9 Å². The molecule has 2 amide bonds. The Balaban J connectivity index is 1.60. The fourth-order valence-corrected chi connectivity index (χ4v) is 2.25. The van der Waals surface area contributed by atoms with E-state index in [-0.39, 0.29) is 11.6 Å². The number of urea groups is 1. The van der Waals surface area contributed by atoms with Crippen molar-refractivity contribution in [2.75, 3.05) is 10.6 Å². The molecule has 0 fully saturated rings. The maximum Gasteiger partial charge on any atom is 0.417 e. The summed E-state index contributed by atoms with van der Waals surface area (Å²) in [4.78, 5) is 19.5. The second-order valence-electron chi connectivity index (χ2n) is 5.27. The molecular formula is C15H11BrF3N6O2+. The minimum Gasteiger partial charge on any atom is -0.306 e. The van der Waals surface area contributed by atoms with Crippen molar-refractivity contribution in [2.24, 2.45) is 0 Å². The van der Waals surface area contributed by atoms with Crippen LogP contribution in [0.4, 0.5) is 29.5 Å². The van der Waals surface area contributed by atoms with Crippen LogP contribution in [0.5, 0.6) is 0 Å². The monoisotopic (exact) mass is 443 g/mol. The Hall–Kier alpha value is -3.02. The van der Waals surface area contributed by atoms with Crippen LogP contribution in [0.2, 0.25) is 0 Å². The van der Waals surface area contributed by atoms with Gasteiger partial charge in [0.1, 0.15) is 5.69 Å². The number of hydrogen-bond donors (Lipinski definition) is 2. The number of alkyl halides is 3. The summed E-state index contributed by atoms with van der Waals surface area (Å²) in [6.45, 7) is 0.303. The second-order valence-corrected chi connectivity index (χ2v) is 6.19. The van der Waals surface area contributed by atoms with Gasteiger partial charge in [0, 0.05) is 16.9 Å². The third-order valence-corrected chi connectivity index (χ3v) is 3.65. The highest BCUT2D eigenvalue weighted by Crippen LogP contribution is 2.29. The fourth-order valence-electron chi connectivity index (χ4n) is 2.01. The van der Waals surface area contributed by atoms with Gasteiger partial charge in [-0.1, -0.05) is 0 Å². The predicted molar refractivity (Wildman–Crippen MR) is 89.6 cm³/mol. The van der Waals surface area contributed by atoms with Gasteiger partial charge in [0.15, 0.2) is 0 Å². The Labute approximate surface area is 158 Å². The molecule has 0 atom stereocenters. The summed E-state index contributed by atoms with van der Waals surface area (Å²) in [6, 6.07) is 3.57. The lowest BCUT2D eigenvalue weighted by Crippen LogP contribution is -2.35. The average molecular weight is 444 g/mol. The third-order valence-electron chi connectivity index (χ3n) is 3.18. The van der Waals surface area contributed by atoms with E-state index >= 15 is 0 Å². The molecule has 3 heterocycles. The molecule has 0 aromatic carbocycles. The molecule has 0 spiro atoms. The number of nitrogens with zero attached hydrogens (tertiary/aromatic N) is 4. The Morgan fingerprint density at radius 3 is 2.74 bits per heavy atom. The van der Waals surface area contributed by atoms with Gasteiger partial charge in [-0.05, 0) is 38.8 Å². The molecule has 0 aliphatic rings.